The lowest BCUT2D eigenvalue weighted by Gasteiger charge is -2.23. The monoisotopic (exact) mass is 421 g/mol. The molecule has 0 aromatic heterocycles. The quantitative estimate of drug-likeness (QED) is 0.699. The maximum Gasteiger partial charge on any atom is 0.329 e. The summed E-state index contributed by atoms with van der Waals surface area (Å²) in [7, 11) is 6.43. The molecule has 1 aromatic rings. The summed E-state index contributed by atoms with van der Waals surface area (Å²) in [6, 6.07) is -0.380. The van der Waals surface area contributed by atoms with Crippen LogP contribution in [-0.2, 0) is 9.53 Å². The number of fused-ring (bicyclic) bond motifs is 1. The number of anilines is 1. The molecular weight excluding hydrogens is 406 g/mol. The fourth-order valence-electron chi connectivity index (χ4n) is 2.89. The van der Waals surface area contributed by atoms with Gasteiger partial charge >= 0.3 is 5.97 Å². The van der Waals surface area contributed by atoms with Gasteiger partial charge < -0.3 is 19.1 Å². The molecule has 0 saturated heterocycles. The molecule has 0 fully saturated rings. The van der Waals surface area contributed by atoms with Gasteiger partial charge in [0.15, 0.2) is 11.5 Å². The first-order valence-electron chi connectivity index (χ1n) is 6.34. The SMILES string of the molecule is COC(=O)C1C(C)c2c(Br)c(OC)c(OC)c(Br)c2N1C. The second kappa shape index (κ2) is 6.04. The van der Waals surface area contributed by atoms with Gasteiger partial charge in [0, 0.05) is 18.5 Å². The Morgan fingerprint density at radius 2 is 1.62 bits per heavy atom. The van der Waals surface area contributed by atoms with Gasteiger partial charge in [0.2, 0.25) is 0 Å². The average molecular weight is 423 g/mol. The fourth-order valence-corrected chi connectivity index (χ4v) is 4.62. The standard InChI is InChI=1S/C14H17Br2NO4/c1-6-7-8(15)12(19-3)13(20-4)9(16)11(7)17(2)10(6)14(18)21-5/h6,10H,1-5H3. The Kier molecular flexibility index (Phi) is 4.72. The molecule has 1 aliphatic heterocycles. The number of hydrogen-bond donors (Lipinski definition) is 0. The minimum atomic E-state index is -0.380. The summed E-state index contributed by atoms with van der Waals surface area (Å²) in [5, 5.41) is 0. The molecule has 0 bridgehead atoms. The van der Waals surface area contributed by atoms with Crippen LogP contribution in [-0.4, -0.2) is 40.4 Å². The van der Waals surface area contributed by atoms with E-state index >= 15 is 0 Å². The molecule has 0 N–H and O–H groups in total. The predicted molar refractivity (Wildman–Crippen MR) is 87.6 cm³/mol. The molecular formula is C14H17Br2NO4. The summed E-state index contributed by atoms with van der Waals surface area (Å²) >= 11 is 7.15. The van der Waals surface area contributed by atoms with Gasteiger partial charge in [0.05, 0.1) is 36.0 Å². The van der Waals surface area contributed by atoms with Gasteiger partial charge in [-0.05, 0) is 31.9 Å². The van der Waals surface area contributed by atoms with Crippen LogP contribution in [0.15, 0.2) is 8.95 Å². The molecule has 116 valence electrons. The van der Waals surface area contributed by atoms with E-state index in [2.05, 4.69) is 31.9 Å². The lowest BCUT2D eigenvalue weighted by atomic mass is 9.97. The second-order valence-corrected chi connectivity index (χ2v) is 6.41. The highest BCUT2D eigenvalue weighted by atomic mass is 79.9. The number of rotatable bonds is 3. The van der Waals surface area contributed by atoms with Crippen molar-refractivity contribution in [1.29, 1.82) is 0 Å². The number of carbonyl (C=O) groups is 1. The first kappa shape index (κ1) is 16.4. The predicted octanol–water partition coefficient (Wildman–Crippen LogP) is 3.32. The van der Waals surface area contributed by atoms with Crippen LogP contribution in [0.25, 0.3) is 0 Å². The minimum absolute atomic E-state index is 0.0390. The first-order valence-corrected chi connectivity index (χ1v) is 7.92. The number of methoxy groups -OCH3 is 3. The molecule has 1 aromatic carbocycles. The van der Waals surface area contributed by atoms with E-state index in [1.165, 1.54) is 7.11 Å². The van der Waals surface area contributed by atoms with Crippen LogP contribution in [0.5, 0.6) is 11.5 Å². The van der Waals surface area contributed by atoms with E-state index < -0.39 is 0 Å². The van der Waals surface area contributed by atoms with Gasteiger partial charge in [-0.2, -0.15) is 0 Å². The Bertz CT molecular complexity index is 548. The fraction of sp³-hybridized carbons (Fsp3) is 0.500. The number of carbonyl (C=O) groups excluding carboxylic acids is 1. The van der Waals surface area contributed by atoms with E-state index in [1.807, 2.05) is 18.9 Å². The topological polar surface area (TPSA) is 48.0 Å². The van der Waals surface area contributed by atoms with E-state index in [9.17, 15) is 4.79 Å². The van der Waals surface area contributed by atoms with Crippen molar-refractivity contribution in [3.8, 4) is 11.5 Å². The van der Waals surface area contributed by atoms with Gasteiger partial charge in [-0.3, -0.25) is 0 Å². The Balaban J connectivity index is 2.72. The maximum atomic E-state index is 12.1. The summed E-state index contributed by atoms with van der Waals surface area (Å²) in [4.78, 5) is 14.0. The molecule has 0 radical (unpaired) electrons. The highest BCUT2D eigenvalue weighted by Crippen LogP contribution is 2.56. The van der Waals surface area contributed by atoms with Gasteiger partial charge in [0.25, 0.3) is 0 Å². The van der Waals surface area contributed by atoms with Crippen molar-refractivity contribution in [2.45, 2.75) is 18.9 Å². The van der Waals surface area contributed by atoms with E-state index in [-0.39, 0.29) is 17.9 Å². The molecule has 0 aliphatic carbocycles. The van der Waals surface area contributed by atoms with Crippen molar-refractivity contribution in [3.63, 3.8) is 0 Å². The molecule has 0 amide bonds. The van der Waals surface area contributed by atoms with Crippen LogP contribution in [0.2, 0.25) is 0 Å². The number of likely N-dealkylation sites (N-methyl/N-ethyl adjacent to an activating group) is 1. The summed E-state index contributed by atoms with van der Waals surface area (Å²) in [5.41, 5.74) is 1.90. The Morgan fingerprint density at radius 1 is 1.10 bits per heavy atom. The highest BCUT2D eigenvalue weighted by molar-refractivity contribution is 9.11. The number of halogens is 2. The molecule has 2 rings (SSSR count). The van der Waals surface area contributed by atoms with Gasteiger partial charge in [0.1, 0.15) is 6.04 Å². The Labute approximate surface area is 140 Å². The van der Waals surface area contributed by atoms with Crippen LogP contribution in [0.1, 0.15) is 18.4 Å². The number of ether oxygens (including phenoxy) is 3. The van der Waals surface area contributed by atoms with Crippen LogP contribution in [0, 0.1) is 0 Å². The van der Waals surface area contributed by atoms with Crippen molar-refractivity contribution in [2.24, 2.45) is 0 Å². The summed E-state index contributed by atoms with van der Waals surface area (Å²) in [6.45, 7) is 1.99. The summed E-state index contributed by atoms with van der Waals surface area (Å²) < 4.78 is 17.4. The summed E-state index contributed by atoms with van der Waals surface area (Å²) in [5.74, 6) is 0.891. The van der Waals surface area contributed by atoms with Gasteiger partial charge in [-0.1, -0.05) is 6.92 Å². The number of esters is 1. The van der Waals surface area contributed by atoms with Crippen molar-refractivity contribution in [1.82, 2.24) is 0 Å². The number of nitrogens with zero attached hydrogens (tertiary/aromatic N) is 1. The zero-order valence-electron chi connectivity index (χ0n) is 12.5. The van der Waals surface area contributed by atoms with E-state index in [0.29, 0.717) is 11.5 Å². The van der Waals surface area contributed by atoms with E-state index in [0.717, 1.165) is 20.2 Å². The van der Waals surface area contributed by atoms with E-state index in [1.54, 1.807) is 14.2 Å². The molecule has 21 heavy (non-hydrogen) atoms. The van der Waals surface area contributed by atoms with Crippen LogP contribution in [0.4, 0.5) is 5.69 Å². The van der Waals surface area contributed by atoms with Crippen molar-refractivity contribution in [3.05, 3.63) is 14.5 Å². The van der Waals surface area contributed by atoms with E-state index in [4.69, 9.17) is 14.2 Å². The average Bonchev–Trinajstić information content (AvgIpc) is 2.73. The third-order valence-electron chi connectivity index (χ3n) is 3.85. The molecule has 7 heteroatoms. The number of benzene rings is 1. The van der Waals surface area contributed by atoms with Gasteiger partial charge in [-0.25, -0.2) is 4.79 Å². The highest BCUT2D eigenvalue weighted by Gasteiger charge is 2.44. The zero-order valence-corrected chi connectivity index (χ0v) is 15.7. The van der Waals surface area contributed by atoms with Crippen LogP contribution < -0.4 is 14.4 Å². The smallest absolute Gasteiger partial charge is 0.329 e. The van der Waals surface area contributed by atoms with Crippen molar-refractivity contribution < 1.29 is 19.0 Å². The molecule has 5 nitrogen and oxygen atoms in total. The Hall–Kier alpha value is -0.950. The molecule has 0 spiro atoms. The molecule has 2 unspecified atom stereocenters. The Morgan fingerprint density at radius 3 is 2.10 bits per heavy atom. The molecule has 1 heterocycles. The normalized spacial score (nSPS) is 20.2. The first-order chi connectivity index (χ1) is 9.90. The lowest BCUT2D eigenvalue weighted by Crippen LogP contribution is -2.38. The van der Waals surface area contributed by atoms with Crippen LogP contribution >= 0.6 is 31.9 Å². The number of hydrogen-bond acceptors (Lipinski definition) is 5. The zero-order chi connectivity index (χ0) is 15.9. The summed E-state index contributed by atoms with van der Waals surface area (Å²) in [6.07, 6.45) is 0. The molecule has 2 atom stereocenters. The van der Waals surface area contributed by atoms with Crippen LogP contribution in [0.3, 0.4) is 0 Å². The van der Waals surface area contributed by atoms with Gasteiger partial charge in [-0.15, -0.1) is 0 Å². The second-order valence-electron chi connectivity index (χ2n) is 4.82. The molecule has 0 saturated carbocycles. The van der Waals surface area contributed by atoms with Crippen molar-refractivity contribution in [2.75, 3.05) is 33.3 Å². The van der Waals surface area contributed by atoms with Crippen molar-refractivity contribution >= 4 is 43.5 Å². The third-order valence-corrected chi connectivity index (χ3v) is 5.38. The third kappa shape index (κ3) is 2.30. The molecule has 1 aliphatic rings. The minimum Gasteiger partial charge on any atom is -0.492 e. The lowest BCUT2D eigenvalue weighted by molar-refractivity contribution is -0.142. The maximum absolute atomic E-state index is 12.1. The largest absolute Gasteiger partial charge is 0.492 e.